The standard InChI is InChI=1S/C18H21N3O7S2/c1-12(28-18(23)14-4-8-16(9-5-14)30(20,26)27)17(22)21-11-10-13-2-6-15(7-3-13)29(19,24)25/h2-9,12H,10-11H2,1H3,(H,21,22)(H2,19,24,25)(H2,20,26,27). The fourth-order valence-electron chi connectivity index (χ4n) is 2.38. The van der Waals surface area contributed by atoms with Crippen molar-refractivity contribution in [2.45, 2.75) is 29.2 Å². The van der Waals surface area contributed by atoms with E-state index in [1.54, 1.807) is 12.1 Å². The van der Waals surface area contributed by atoms with Crippen molar-refractivity contribution in [3.05, 3.63) is 59.7 Å². The molecule has 0 aromatic heterocycles. The van der Waals surface area contributed by atoms with Crippen LogP contribution in [-0.4, -0.2) is 41.4 Å². The molecule has 1 amide bonds. The lowest BCUT2D eigenvalue weighted by molar-refractivity contribution is -0.129. The zero-order valence-corrected chi connectivity index (χ0v) is 17.6. The highest BCUT2D eigenvalue weighted by Crippen LogP contribution is 2.11. The first-order chi connectivity index (χ1) is 13.9. The fourth-order valence-corrected chi connectivity index (χ4v) is 3.41. The number of nitrogens with two attached hydrogens (primary N) is 2. The smallest absolute Gasteiger partial charge is 0.338 e. The van der Waals surface area contributed by atoms with Gasteiger partial charge in [-0.15, -0.1) is 0 Å². The van der Waals surface area contributed by atoms with Gasteiger partial charge in [-0.05, 0) is 55.3 Å². The van der Waals surface area contributed by atoms with Gasteiger partial charge in [-0.3, -0.25) is 4.79 Å². The van der Waals surface area contributed by atoms with E-state index in [1.165, 1.54) is 31.2 Å². The maximum absolute atomic E-state index is 12.1. The second-order valence-electron chi connectivity index (χ2n) is 6.35. The van der Waals surface area contributed by atoms with Gasteiger partial charge in [0.05, 0.1) is 15.4 Å². The van der Waals surface area contributed by atoms with Crippen LogP contribution < -0.4 is 15.6 Å². The van der Waals surface area contributed by atoms with Gasteiger partial charge < -0.3 is 10.1 Å². The Morgan fingerprint density at radius 1 is 0.900 bits per heavy atom. The van der Waals surface area contributed by atoms with E-state index in [4.69, 9.17) is 15.0 Å². The van der Waals surface area contributed by atoms with E-state index in [9.17, 15) is 26.4 Å². The predicted molar refractivity (Wildman–Crippen MR) is 107 cm³/mol. The van der Waals surface area contributed by atoms with Crippen molar-refractivity contribution in [2.75, 3.05) is 6.54 Å². The molecule has 12 heteroatoms. The Morgan fingerprint density at radius 3 is 1.83 bits per heavy atom. The molecule has 2 aromatic carbocycles. The van der Waals surface area contributed by atoms with Crippen LogP contribution in [0.2, 0.25) is 0 Å². The highest BCUT2D eigenvalue weighted by molar-refractivity contribution is 7.89. The summed E-state index contributed by atoms with van der Waals surface area (Å²) in [5.74, 6) is -1.32. The van der Waals surface area contributed by atoms with Crippen LogP contribution in [0.5, 0.6) is 0 Å². The van der Waals surface area contributed by atoms with Crippen LogP contribution in [0, 0.1) is 0 Å². The molecule has 1 atom stereocenters. The summed E-state index contributed by atoms with van der Waals surface area (Å²) in [6.45, 7) is 1.63. The van der Waals surface area contributed by atoms with Gasteiger partial charge in [0.1, 0.15) is 0 Å². The quantitative estimate of drug-likeness (QED) is 0.465. The van der Waals surface area contributed by atoms with E-state index < -0.39 is 38.0 Å². The molecule has 0 heterocycles. The predicted octanol–water partition coefficient (Wildman–Crippen LogP) is -0.114. The van der Waals surface area contributed by atoms with Crippen molar-refractivity contribution in [3.8, 4) is 0 Å². The maximum Gasteiger partial charge on any atom is 0.338 e. The van der Waals surface area contributed by atoms with Gasteiger partial charge in [-0.2, -0.15) is 0 Å². The molecule has 0 aliphatic heterocycles. The third kappa shape index (κ3) is 6.62. The molecule has 10 nitrogen and oxygen atoms in total. The number of carbonyl (C=O) groups is 2. The third-order valence-electron chi connectivity index (χ3n) is 4.04. The van der Waals surface area contributed by atoms with Crippen LogP contribution in [-0.2, 0) is 36.0 Å². The number of nitrogens with one attached hydrogen (secondary N) is 1. The van der Waals surface area contributed by atoms with Crippen LogP contribution in [0.25, 0.3) is 0 Å². The minimum Gasteiger partial charge on any atom is -0.449 e. The van der Waals surface area contributed by atoms with Gasteiger partial charge in [-0.1, -0.05) is 12.1 Å². The zero-order chi connectivity index (χ0) is 22.5. The van der Waals surface area contributed by atoms with Crippen molar-refractivity contribution in [1.29, 1.82) is 0 Å². The largest absolute Gasteiger partial charge is 0.449 e. The van der Waals surface area contributed by atoms with Crippen LogP contribution in [0.4, 0.5) is 0 Å². The highest BCUT2D eigenvalue weighted by Gasteiger charge is 2.19. The molecule has 0 radical (unpaired) electrons. The number of amides is 1. The number of carbonyl (C=O) groups excluding carboxylic acids is 2. The fraction of sp³-hybridized carbons (Fsp3) is 0.222. The van der Waals surface area contributed by atoms with E-state index in [-0.39, 0.29) is 21.9 Å². The molecule has 0 aliphatic carbocycles. The van der Waals surface area contributed by atoms with E-state index in [0.717, 1.165) is 17.7 Å². The molecule has 2 aromatic rings. The third-order valence-corrected chi connectivity index (χ3v) is 5.89. The summed E-state index contributed by atoms with van der Waals surface area (Å²) >= 11 is 0. The molecule has 1 unspecified atom stereocenters. The summed E-state index contributed by atoms with van der Waals surface area (Å²) < 4.78 is 50.0. The lowest BCUT2D eigenvalue weighted by atomic mass is 10.1. The SMILES string of the molecule is CC(OC(=O)c1ccc(S(N)(=O)=O)cc1)C(=O)NCCc1ccc(S(N)(=O)=O)cc1. The van der Waals surface area contributed by atoms with Crippen LogP contribution in [0.1, 0.15) is 22.8 Å². The average Bonchev–Trinajstić information content (AvgIpc) is 2.67. The summed E-state index contributed by atoms with van der Waals surface area (Å²) in [5, 5.41) is 12.6. The van der Waals surface area contributed by atoms with Gasteiger partial charge in [0.2, 0.25) is 20.0 Å². The van der Waals surface area contributed by atoms with Crippen LogP contribution in [0.15, 0.2) is 58.3 Å². The van der Waals surface area contributed by atoms with Crippen molar-refractivity contribution >= 4 is 31.9 Å². The van der Waals surface area contributed by atoms with Crippen LogP contribution in [0.3, 0.4) is 0 Å². The molecule has 0 aliphatic rings. The molecule has 0 fully saturated rings. The Balaban J connectivity index is 1.85. The van der Waals surface area contributed by atoms with Crippen LogP contribution >= 0.6 is 0 Å². The summed E-state index contributed by atoms with van der Waals surface area (Å²) in [4.78, 5) is 24.0. The number of hydrogen-bond acceptors (Lipinski definition) is 7. The van der Waals surface area contributed by atoms with E-state index in [1.807, 2.05) is 0 Å². The average molecular weight is 456 g/mol. The Hall–Kier alpha value is -2.80. The van der Waals surface area contributed by atoms with Crippen molar-refractivity contribution < 1.29 is 31.2 Å². The van der Waals surface area contributed by atoms with E-state index >= 15 is 0 Å². The normalized spacial score (nSPS) is 12.8. The Labute approximate surface area is 174 Å². The minimum absolute atomic E-state index is 0.00656. The minimum atomic E-state index is -3.88. The Morgan fingerprint density at radius 2 is 1.37 bits per heavy atom. The van der Waals surface area contributed by atoms with Gasteiger partial charge in [0.25, 0.3) is 5.91 Å². The van der Waals surface area contributed by atoms with Gasteiger partial charge in [0, 0.05) is 6.54 Å². The molecular weight excluding hydrogens is 434 g/mol. The molecule has 0 saturated carbocycles. The first-order valence-corrected chi connectivity index (χ1v) is 11.7. The van der Waals surface area contributed by atoms with Crippen molar-refractivity contribution in [3.63, 3.8) is 0 Å². The summed E-state index contributed by atoms with van der Waals surface area (Å²) in [7, 11) is -7.64. The summed E-state index contributed by atoms with van der Waals surface area (Å²) in [5.41, 5.74) is 0.847. The first kappa shape index (κ1) is 23.5. The molecule has 0 saturated heterocycles. The second-order valence-corrected chi connectivity index (χ2v) is 9.47. The monoisotopic (exact) mass is 455 g/mol. The number of hydrogen-bond donors (Lipinski definition) is 3. The molecule has 162 valence electrons. The van der Waals surface area contributed by atoms with Gasteiger partial charge in [0.15, 0.2) is 6.10 Å². The lowest BCUT2D eigenvalue weighted by Gasteiger charge is -2.14. The van der Waals surface area contributed by atoms with Gasteiger partial charge >= 0.3 is 5.97 Å². The van der Waals surface area contributed by atoms with E-state index in [2.05, 4.69) is 5.32 Å². The number of benzene rings is 2. The number of sulfonamides is 2. The maximum atomic E-state index is 12.1. The lowest BCUT2D eigenvalue weighted by Crippen LogP contribution is -2.36. The van der Waals surface area contributed by atoms with Crippen molar-refractivity contribution in [2.24, 2.45) is 10.3 Å². The number of ether oxygens (including phenoxy) is 1. The molecule has 2 rings (SSSR count). The Kier molecular flexibility index (Phi) is 7.31. The Bertz CT molecular complexity index is 1130. The molecule has 0 spiro atoms. The highest BCUT2D eigenvalue weighted by atomic mass is 32.2. The van der Waals surface area contributed by atoms with E-state index in [0.29, 0.717) is 6.42 Å². The molecule has 0 bridgehead atoms. The topological polar surface area (TPSA) is 176 Å². The summed E-state index contributed by atoms with van der Waals surface area (Å²) in [6.07, 6.45) is -0.660. The number of primary sulfonamides is 2. The molecular formula is C18H21N3O7S2. The van der Waals surface area contributed by atoms with Gasteiger partial charge in [-0.25, -0.2) is 31.9 Å². The second kappa shape index (κ2) is 9.34. The first-order valence-electron chi connectivity index (χ1n) is 8.61. The molecule has 5 N–H and O–H groups in total. The number of esters is 1. The number of rotatable bonds is 8. The van der Waals surface area contributed by atoms with Crippen molar-refractivity contribution in [1.82, 2.24) is 5.32 Å². The zero-order valence-electron chi connectivity index (χ0n) is 15.9. The molecule has 30 heavy (non-hydrogen) atoms. The summed E-state index contributed by atoms with van der Waals surface area (Å²) in [6, 6.07) is 10.7.